The Kier molecular flexibility index (Phi) is 3.37. The van der Waals surface area contributed by atoms with Crippen molar-refractivity contribution in [2.24, 2.45) is 0 Å². The number of rotatable bonds is 4. The van der Waals surface area contributed by atoms with E-state index in [2.05, 4.69) is 10.2 Å². The van der Waals surface area contributed by atoms with Crippen molar-refractivity contribution in [3.63, 3.8) is 0 Å². The van der Waals surface area contributed by atoms with E-state index in [4.69, 9.17) is 4.42 Å². The number of amides is 1. The summed E-state index contributed by atoms with van der Waals surface area (Å²) in [5, 5.41) is 17.0. The van der Waals surface area contributed by atoms with Crippen LogP contribution in [0.1, 0.15) is 41.0 Å². The number of hydrogen-bond acceptors (Lipinski definition) is 4. The number of nitrogens with one attached hydrogen (secondary N) is 1. The molecule has 0 radical (unpaired) electrons. The summed E-state index contributed by atoms with van der Waals surface area (Å²) < 4.78 is 5.49. The van der Waals surface area contributed by atoms with Gasteiger partial charge in [0, 0.05) is 12.1 Å². The Morgan fingerprint density at radius 2 is 2.21 bits per heavy atom. The van der Waals surface area contributed by atoms with E-state index in [0.717, 1.165) is 17.5 Å². The van der Waals surface area contributed by atoms with Gasteiger partial charge in [-0.15, -0.1) is 0 Å². The fourth-order valence-electron chi connectivity index (χ4n) is 3.31. The first-order chi connectivity index (χ1) is 11.7. The molecule has 6 heteroatoms. The minimum absolute atomic E-state index is 0.103. The van der Waals surface area contributed by atoms with Gasteiger partial charge in [0.1, 0.15) is 11.4 Å². The van der Waals surface area contributed by atoms with Crippen molar-refractivity contribution in [3.8, 4) is 17.2 Å². The Balaban J connectivity index is 1.90. The zero-order valence-electron chi connectivity index (χ0n) is 13.2. The number of fused-ring (bicyclic) bond motifs is 1. The quantitative estimate of drug-likeness (QED) is 0.771. The second-order valence-corrected chi connectivity index (χ2v) is 5.83. The van der Waals surface area contributed by atoms with Gasteiger partial charge in [0.15, 0.2) is 11.5 Å². The van der Waals surface area contributed by atoms with E-state index in [1.54, 1.807) is 35.4 Å². The molecular formula is C18H17N3O3. The molecule has 0 aliphatic carbocycles. The van der Waals surface area contributed by atoms with Gasteiger partial charge in [-0.1, -0.05) is 19.1 Å². The van der Waals surface area contributed by atoms with Gasteiger partial charge >= 0.3 is 0 Å². The first-order valence-corrected chi connectivity index (χ1v) is 7.92. The van der Waals surface area contributed by atoms with Crippen LogP contribution in [0, 0.1) is 0 Å². The Labute approximate surface area is 138 Å². The maximum Gasteiger partial charge on any atom is 0.275 e. The van der Waals surface area contributed by atoms with Crippen LogP contribution in [0.25, 0.3) is 11.5 Å². The van der Waals surface area contributed by atoms with E-state index in [1.165, 1.54) is 0 Å². The van der Waals surface area contributed by atoms with Crippen LogP contribution in [-0.4, -0.2) is 32.7 Å². The number of aromatic hydroxyl groups is 1. The Bertz CT molecular complexity index is 883. The van der Waals surface area contributed by atoms with Crippen molar-refractivity contribution in [2.75, 3.05) is 6.54 Å². The number of H-pyrrole nitrogens is 1. The number of phenols is 1. The van der Waals surface area contributed by atoms with Crippen LogP contribution in [0.3, 0.4) is 0 Å². The number of phenolic OH excluding ortho intramolecular Hbond substituents is 1. The summed E-state index contributed by atoms with van der Waals surface area (Å²) in [7, 11) is 0. The zero-order chi connectivity index (χ0) is 16.7. The van der Waals surface area contributed by atoms with Crippen LogP contribution in [0.2, 0.25) is 0 Å². The largest absolute Gasteiger partial charge is 0.508 e. The molecule has 0 fully saturated rings. The molecule has 122 valence electrons. The van der Waals surface area contributed by atoms with Gasteiger partial charge in [-0.3, -0.25) is 9.89 Å². The van der Waals surface area contributed by atoms with E-state index < -0.39 is 0 Å². The van der Waals surface area contributed by atoms with E-state index in [-0.39, 0.29) is 17.7 Å². The predicted octanol–water partition coefficient (Wildman–Crippen LogP) is 3.33. The van der Waals surface area contributed by atoms with E-state index in [0.29, 0.717) is 23.7 Å². The standard InChI is InChI=1S/C18H17N3O3/c1-2-8-21-17(11-5-3-6-12(22)10-11)14-15(13-7-4-9-24-13)19-20-16(14)18(21)23/h3-7,9-10,17,22H,2,8H2,1H3,(H,19,20)/t17-/m0/s1. The molecule has 2 N–H and O–H groups in total. The topological polar surface area (TPSA) is 82.4 Å². The Hall–Kier alpha value is -3.02. The monoisotopic (exact) mass is 323 g/mol. The molecule has 4 rings (SSSR count). The number of carbonyl (C=O) groups excluding carboxylic acids is 1. The molecule has 1 atom stereocenters. The molecule has 0 saturated heterocycles. The summed E-state index contributed by atoms with van der Waals surface area (Å²) in [4.78, 5) is 14.6. The number of nitrogens with zero attached hydrogens (tertiary/aromatic N) is 2. The molecule has 0 saturated carbocycles. The minimum Gasteiger partial charge on any atom is -0.508 e. The molecule has 1 aliphatic rings. The van der Waals surface area contributed by atoms with Crippen molar-refractivity contribution in [1.29, 1.82) is 0 Å². The van der Waals surface area contributed by atoms with Crippen molar-refractivity contribution in [2.45, 2.75) is 19.4 Å². The van der Waals surface area contributed by atoms with Gasteiger partial charge in [-0.25, -0.2) is 0 Å². The fourth-order valence-corrected chi connectivity index (χ4v) is 3.31. The second kappa shape index (κ2) is 5.56. The van der Waals surface area contributed by atoms with Gasteiger partial charge in [0.25, 0.3) is 5.91 Å². The van der Waals surface area contributed by atoms with Gasteiger partial charge in [0.2, 0.25) is 0 Å². The molecule has 0 spiro atoms. The first kappa shape index (κ1) is 14.6. The molecule has 1 amide bonds. The SMILES string of the molecule is CCCN1C(=O)c2n[nH]c(-c3ccco3)c2[C@@H]1c1cccc(O)c1. The average Bonchev–Trinajstić information content (AvgIpc) is 3.27. The number of hydrogen-bond donors (Lipinski definition) is 2. The number of aromatic nitrogens is 2. The van der Waals surface area contributed by atoms with Crippen LogP contribution in [0.15, 0.2) is 47.1 Å². The normalized spacial score (nSPS) is 16.6. The predicted molar refractivity (Wildman–Crippen MR) is 87.6 cm³/mol. The first-order valence-electron chi connectivity index (χ1n) is 7.92. The summed E-state index contributed by atoms with van der Waals surface area (Å²) >= 11 is 0. The number of furan rings is 1. The summed E-state index contributed by atoms with van der Waals surface area (Å²) in [6.07, 6.45) is 2.43. The summed E-state index contributed by atoms with van der Waals surface area (Å²) in [5.41, 5.74) is 2.78. The summed E-state index contributed by atoms with van der Waals surface area (Å²) in [6.45, 7) is 2.65. The molecular weight excluding hydrogens is 306 g/mol. The van der Waals surface area contributed by atoms with Crippen molar-refractivity contribution < 1.29 is 14.3 Å². The third kappa shape index (κ3) is 2.11. The molecule has 2 aromatic heterocycles. The highest BCUT2D eigenvalue weighted by Crippen LogP contribution is 2.43. The van der Waals surface area contributed by atoms with Crippen LogP contribution >= 0.6 is 0 Å². The number of benzene rings is 1. The van der Waals surface area contributed by atoms with Crippen molar-refractivity contribution >= 4 is 5.91 Å². The molecule has 3 heterocycles. The average molecular weight is 323 g/mol. The van der Waals surface area contributed by atoms with E-state index in [9.17, 15) is 9.90 Å². The van der Waals surface area contributed by atoms with Crippen LogP contribution in [0.4, 0.5) is 0 Å². The Morgan fingerprint density at radius 1 is 1.33 bits per heavy atom. The van der Waals surface area contributed by atoms with Crippen molar-refractivity contribution in [1.82, 2.24) is 15.1 Å². The summed E-state index contributed by atoms with van der Waals surface area (Å²) in [6, 6.07) is 10.3. The van der Waals surface area contributed by atoms with E-state index in [1.807, 2.05) is 19.1 Å². The molecule has 0 unspecified atom stereocenters. The molecule has 0 bridgehead atoms. The molecule has 1 aliphatic heterocycles. The van der Waals surface area contributed by atoms with Crippen LogP contribution < -0.4 is 0 Å². The third-order valence-corrected chi connectivity index (χ3v) is 4.27. The van der Waals surface area contributed by atoms with Gasteiger partial charge in [-0.2, -0.15) is 5.10 Å². The lowest BCUT2D eigenvalue weighted by Crippen LogP contribution is -2.30. The third-order valence-electron chi connectivity index (χ3n) is 4.27. The fraction of sp³-hybridized carbons (Fsp3) is 0.222. The number of carbonyl (C=O) groups is 1. The lowest BCUT2D eigenvalue weighted by Gasteiger charge is -2.25. The van der Waals surface area contributed by atoms with E-state index >= 15 is 0 Å². The highest BCUT2D eigenvalue weighted by Gasteiger charge is 2.42. The highest BCUT2D eigenvalue weighted by molar-refractivity contribution is 5.99. The van der Waals surface area contributed by atoms with Gasteiger partial charge < -0.3 is 14.4 Å². The Morgan fingerprint density at radius 3 is 2.92 bits per heavy atom. The second-order valence-electron chi connectivity index (χ2n) is 5.83. The van der Waals surface area contributed by atoms with Gasteiger partial charge in [-0.05, 0) is 36.2 Å². The summed E-state index contributed by atoms with van der Waals surface area (Å²) in [5.74, 6) is 0.710. The maximum atomic E-state index is 12.8. The lowest BCUT2D eigenvalue weighted by atomic mass is 9.98. The molecule has 1 aromatic carbocycles. The zero-order valence-corrected chi connectivity index (χ0v) is 13.2. The van der Waals surface area contributed by atoms with Crippen LogP contribution in [0.5, 0.6) is 5.75 Å². The highest BCUT2D eigenvalue weighted by atomic mass is 16.3. The molecule has 3 aromatic rings. The molecule has 6 nitrogen and oxygen atoms in total. The maximum absolute atomic E-state index is 12.8. The van der Waals surface area contributed by atoms with Crippen LogP contribution in [-0.2, 0) is 0 Å². The van der Waals surface area contributed by atoms with Crippen molar-refractivity contribution in [3.05, 3.63) is 59.5 Å². The number of aromatic amines is 1. The lowest BCUT2D eigenvalue weighted by molar-refractivity contribution is 0.0743. The molecule has 24 heavy (non-hydrogen) atoms. The smallest absolute Gasteiger partial charge is 0.275 e. The van der Waals surface area contributed by atoms with Gasteiger partial charge in [0.05, 0.1) is 12.3 Å². The minimum atomic E-state index is -0.293.